The Morgan fingerprint density at radius 3 is 2.22 bits per heavy atom. The molecule has 104 valence electrons. The van der Waals surface area contributed by atoms with Gasteiger partial charge in [0, 0.05) is 25.0 Å². The fraction of sp³-hybridized carbons (Fsp3) is 0.688. The minimum atomic E-state index is 0. The van der Waals surface area contributed by atoms with Crippen molar-refractivity contribution in [3.63, 3.8) is 0 Å². The van der Waals surface area contributed by atoms with Crippen LogP contribution in [-0.2, 0) is 13.0 Å². The van der Waals surface area contributed by atoms with Crippen LogP contribution in [-0.4, -0.2) is 0 Å². The van der Waals surface area contributed by atoms with Crippen molar-refractivity contribution >= 4 is 0 Å². The molecule has 1 aromatic heterocycles. The first kappa shape index (κ1) is 17.1. The van der Waals surface area contributed by atoms with Crippen LogP contribution < -0.4 is 9.27 Å². The number of unbranched alkanes of at least 4 members (excludes halogenated alkanes) is 6. The van der Waals surface area contributed by atoms with Crippen LogP contribution in [0.4, 0.5) is 0 Å². The second kappa shape index (κ2) is 11.2. The van der Waals surface area contributed by atoms with E-state index in [9.17, 15) is 0 Å². The lowest BCUT2D eigenvalue weighted by Crippen LogP contribution is -3.00. The van der Waals surface area contributed by atoms with E-state index in [-0.39, 0.29) is 4.70 Å². The smallest absolute Gasteiger partial charge is 0.181 e. The van der Waals surface area contributed by atoms with Crippen LogP contribution >= 0.6 is 0 Å². The first-order chi connectivity index (χ1) is 8.38. The fourth-order valence-corrected chi connectivity index (χ4v) is 2.29. The zero-order valence-electron chi connectivity index (χ0n) is 12.0. The van der Waals surface area contributed by atoms with Crippen molar-refractivity contribution in [3.05, 3.63) is 30.1 Å². The molecule has 0 unspecified atom stereocenters. The van der Waals surface area contributed by atoms with Crippen molar-refractivity contribution < 1.29 is 9.27 Å². The third-order valence-corrected chi connectivity index (χ3v) is 3.40. The van der Waals surface area contributed by atoms with E-state index in [4.69, 9.17) is 0 Å². The third kappa shape index (κ3) is 6.73. The number of pyridine rings is 1. The molecule has 18 heavy (non-hydrogen) atoms. The van der Waals surface area contributed by atoms with Crippen LogP contribution in [0, 0.1) is 0 Å². The topological polar surface area (TPSA) is 3.88 Å². The van der Waals surface area contributed by atoms with Gasteiger partial charge in [0.15, 0.2) is 11.9 Å². The number of nitrogens with zero attached hydrogens (tertiary/aromatic N) is 1. The first-order valence-corrected chi connectivity index (χ1v) is 7.35. The maximum Gasteiger partial charge on any atom is 0.181 e. The van der Waals surface area contributed by atoms with E-state index in [0.717, 1.165) is 6.42 Å². The van der Waals surface area contributed by atoms with Gasteiger partial charge in [-0.2, -0.15) is 0 Å². The van der Waals surface area contributed by atoms with E-state index in [0.29, 0.717) is 0 Å². The fourth-order valence-electron chi connectivity index (χ4n) is 2.29. The molecule has 0 atom stereocenters. The van der Waals surface area contributed by atoms with Gasteiger partial charge >= 0.3 is 0 Å². The summed E-state index contributed by atoms with van der Waals surface area (Å²) in [4.78, 5) is 0. The average Bonchev–Trinajstić information content (AvgIpc) is 2.38. The van der Waals surface area contributed by atoms with Gasteiger partial charge in [0.25, 0.3) is 0 Å². The normalized spacial score (nSPS) is 10.1. The molecule has 0 saturated heterocycles. The predicted octanol–water partition coefficient (Wildman–Crippen LogP) is 1.29. The highest BCUT2D eigenvalue weighted by molar-refractivity contribution is 4.96. The van der Waals surface area contributed by atoms with Crippen LogP contribution in [0.1, 0.15) is 64.5 Å². The van der Waals surface area contributed by atoms with Gasteiger partial charge in [-0.05, 0) is 6.42 Å². The molecule has 0 amide bonds. The van der Waals surface area contributed by atoms with Crippen molar-refractivity contribution in [1.29, 1.82) is 0 Å². The number of aryl methyl sites for hydroxylation is 2. The number of rotatable bonds is 9. The summed E-state index contributed by atoms with van der Waals surface area (Å²) in [5.74, 6) is 0. The van der Waals surface area contributed by atoms with Gasteiger partial charge in [0.2, 0.25) is 0 Å². The lowest BCUT2D eigenvalue weighted by atomic mass is 10.1. The second-order valence-electron chi connectivity index (χ2n) is 4.86. The molecule has 0 aliphatic carbocycles. The highest BCUT2D eigenvalue weighted by Gasteiger charge is 2.05. The Kier molecular flexibility index (Phi) is 10.6. The zero-order chi connectivity index (χ0) is 12.3. The number of aromatic nitrogens is 1. The summed E-state index contributed by atoms with van der Waals surface area (Å²) in [6, 6.07) is 6.52. The van der Waals surface area contributed by atoms with E-state index in [2.05, 4.69) is 42.8 Å². The molecule has 1 aromatic rings. The highest BCUT2D eigenvalue weighted by atomic mass is 19.0. The van der Waals surface area contributed by atoms with Crippen molar-refractivity contribution in [2.45, 2.75) is 71.8 Å². The molecular formula is C16H28FN. The standard InChI is InChI=1S/C16H28N.FH/c1-3-5-6-7-8-9-11-14-17-15-12-10-13-16(17)4-2;/h10,12-13,15H,3-9,11,14H2,1-2H3;1H/q+1;/p-1. The molecule has 0 fully saturated rings. The summed E-state index contributed by atoms with van der Waals surface area (Å²) >= 11 is 0. The largest absolute Gasteiger partial charge is 1.00 e. The molecule has 0 spiro atoms. The molecule has 0 N–H and O–H groups in total. The Hall–Kier alpha value is -0.920. The Bertz CT molecular complexity index is 299. The molecule has 0 aliphatic heterocycles. The van der Waals surface area contributed by atoms with Crippen LogP contribution in [0.25, 0.3) is 0 Å². The molecule has 0 radical (unpaired) electrons. The van der Waals surface area contributed by atoms with Crippen LogP contribution in [0.15, 0.2) is 24.4 Å². The molecular weight excluding hydrogens is 225 g/mol. The summed E-state index contributed by atoms with van der Waals surface area (Å²) in [7, 11) is 0. The lowest BCUT2D eigenvalue weighted by Gasteiger charge is -2.02. The van der Waals surface area contributed by atoms with Gasteiger partial charge in [-0.1, -0.05) is 52.0 Å². The van der Waals surface area contributed by atoms with Crippen LogP contribution in [0.5, 0.6) is 0 Å². The van der Waals surface area contributed by atoms with E-state index >= 15 is 0 Å². The van der Waals surface area contributed by atoms with Gasteiger partial charge in [-0.3, -0.25) is 0 Å². The molecule has 0 aromatic carbocycles. The summed E-state index contributed by atoms with van der Waals surface area (Å²) in [6.45, 7) is 5.70. The molecule has 0 bridgehead atoms. The van der Waals surface area contributed by atoms with Gasteiger partial charge in [-0.25, -0.2) is 4.57 Å². The predicted molar refractivity (Wildman–Crippen MR) is 74.0 cm³/mol. The molecule has 1 nitrogen and oxygen atoms in total. The monoisotopic (exact) mass is 253 g/mol. The number of halogens is 1. The van der Waals surface area contributed by atoms with Crippen molar-refractivity contribution in [2.75, 3.05) is 0 Å². The van der Waals surface area contributed by atoms with Crippen molar-refractivity contribution in [1.82, 2.24) is 0 Å². The van der Waals surface area contributed by atoms with Crippen molar-refractivity contribution in [3.8, 4) is 0 Å². The van der Waals surface area contributed by atoms with E-state index in [1.807, 2.05) is 0 Å². The molecule has 2 heteroatoms. The Morgan fingerprint density at radius 2 is 1.56 bits per heavy atom. The lowest BCUT2D eigenvalue weighted by molar-refractivity contribution is -0.704. The first-order valence-electron chi connectivity index (χ1n) is 7.35. The Labute approximate surface area is 112 Å². The maximum atomic E-state index is 2.41. The van der Waals surface area contributed by atoms with Crippen LogP contribution in [0.3, 0.4) is 0 Å². The zero-order valence-corrected chi connectivity index (χ0v) is 12.0. The minimum absolute atomic E-state index is 0. The van der Waals surface area contributed by atoms with Gasteiger partial charge < -0.3 is 4.70 Å². The SMILES string of the molecule is CCCCCCCCC[n+]1ccccc1CC.[F-]. The average molecular weight is 253 g/mol. The second-order valence-corrected chi connectivity index (χ2v) is 4.86. The summed E-state index contributed by atoms with van der Waals surface area (Å²) in [5.41, 5.74) is 1.46. The van der Waals surface area contributed by atoms with Gasteiger partial charge in [0.1, 0.15) is 6.54 Å². The van der Waals surface area contributed by atoms with E-state index in [1.54, 1.807) is 0 Å². The number of hydrogen-bond acceptors (Lipinski definition) is 0. The maximum absolute atomic E-state index is 2.41. The van der Waals surface area contributed by atoms with Crippen LogP contribution in [0.2, 0.25) is 0 Å². The van der Waals surface area contributed by atoms with Gasteiger partial charge in [-0.15, -0.1) is 0 Å². The summed E-state index contributed by atoms with van der Waals surface area (Å²) in [5, 5.41) is 0. The minimum Gasteiger partial charge on any atom is -1.00 e. The molecule has 1 rings (SSSR count). The quantitative estimate of drug-likeness (QED) is 0.461. The van der Waals surface area contributed by atoms with E-state index < -0.39 is 0 Å². The molecule has 0 aliphatic rings. The molecule has 1 heterocycles. The number of hydrogen-bond donors (Lipinski definition) is 0. The van der Waals surface area contributed by atoms with Gasteiger partial charge in [0.05, 0.1) is 0 Å². The summed E-state index contributed by atoms with van der Waals surface area (Å²) in [6.07, 6.45) is 13.1. The Balaban J connectivity index is 0.00000289. The summed E-state index contributed by atoms with van der Waals surface area (Å²) < 4.78 is 2.41. The van der Waals surface area contributed by atoms with Crippen molar-refractivity contribution in [2.24, 2.45) is 0 Å². The van der Waals surface area contributed by atoms with E-state index in [1.165, 1.54) is 57.2 Å². The Morgan fingerprint density at radius 1 is 0.889 bits per heavy atom. The third-order valence-electron chi connectivity index (χ3n) is 3.40. The highest BCUT2D eigenvalue weighted by Crippen LogP contribution is 2.06. The molecule has 0 saturated carbocycles.